The number of nitrogens with zero attached hydrogens (tertiary/aromatic N) is 1. The molecule has 4 aromatic rings. The molecule has 1 amide bonds. The Hall–Kier alpha value is -3.73. The third kappa shape index (κ3) is 3.21. The fourth-order valence-electron chi connectivity index (χ4n) is 4.96. The number of ether oxygens (including phenoxy) is 2. The Morgan fingerprint density at radius 3 is 2.78 bits per heavy atom. The van der Waals surface area contributed by atoms with Crippen molar-refractivity contribution < 1.29 is 14.3 Å². The van der Waals surface area contributed by atoms with E-state index in [2.05, 4.69) is 35.3 Å². The Morgan fingerprint density at radius 1 is 1.03 bits per heavy atom. The summed E-state index contributed by atoms with van der Waals surface area (Å²) in [6, 6.07) is 24.2. The molecule has 2 aliphatic rings. The first-order chi connectivity index (χ1) is 15.8. The van der Waals surface area contributed by atoms with Gasteiger partial charge in [-0.05, 0) is 46.9 Å². The first kappa shape index (κ1) is 19.0. The minimum Gasteiger partial charge on any atom is -0.493 e. The summed E-state index contributed by atoms with van der Waals surface area (Å²) in [5, 5.41) is 1.23. The summed E-state index contributed by atoms with van der Waals surface area (Å²) in [7, 11) is 0. The number of carbonyl (C=O) groups is 1. The number of benzene rings is 3. The summed E-state index contributed by atoms with van der Waals surface area (Å²) in [5.41, 5.74) is 6.73. The molecule has 3 aromatic carbocycles. The molecule has 0 bridgehead atoms. The van der Waals surface area contributed by atoms with Crippen molar-refractivity contribution in [3.63, 3.8) is 0 Å². The van der Waals surface area contributed by atoms with Crippen molar-refractivity contribution in [2.45, 2.75) is 25.5 Å². The minimum absolute atomic E-state index is 0.222. The monoisotopic (exact) mass is 424 g/mol. The highest BCUT2D eigenvalue weighted by atomic mass is 16.6. The Balaban J connectivity index is 1.39. The lowest BCUT2D eigenvalue weighted by Gasteiger charge is -2.35. The molecule has 0 saturated heterocycles. The van der Waals surface area contributed by atoms with Gasteiger partial charge >= 0.3 is 6.09 Å². The van der Waals surface area contributed by atoms with Crippen LogP contribution in [0, 0.1) is 0 Å². The molecule has 160 valence electrons. The molecule has 0 radical (unpaired) electrons. The fourth-order valence-corrected chi connectivity index (χ4v) is 4.96. The topological polar surface area (TPSA) is 54.6 Å². The molecule has 2 aliphatic heterocycles. The average molecular weight is 425 g/mol. The van der Waals surface area contributed by atoms with Gasteiger partial charge in [0.05, 0.1) is 6.61 Å². The van der Waals surface area contributed by atoms with Crippen molar-refractivity contribution in [1.29, 1.82) is 0 Å². The Kier molecular flexibility index (Phi) is 4.60. The SMILES string of the molecule is O=C(OCc1ccccc1)N1CCc2c([nH]c3ccccc23)[C@H]1c1ccc2c(c1)CCO2. The molecule has 5 heteroatoms. The van der Waals surface area contributed by atoms with Crippen molar-refractivity contribution >= 4 is 17.0 Å². The van der Waals surface area contributed by atoms with Gasteiger partial charge in [-0.1, -0.05) is 54.6 Å². The zero-order chi connectivity index (χ0) is 21.5. The largest absolute Gasteiger partial charge is 0.493 e. The molecule has 0 unspecified atom stereocenters. The maximum absolute atomic E-state index is 13.3. The van der Waals surface area contributed by atoms with E-state index < -0.39 is 0 Å². The number of aromatic nitrogens is 1. The van der Waals surface area contributed by atoms with Crippen LogP contribution in [-0.4, -0.2) is 29.1 Å². The molecular weight excluding hydrogens is 400 g/mol. The quantitative estimate of drug-likeness (QED) is 0.480. The molecule has 3 heterocycles. The van der Waals surface area contributed by atoms with Gasteiger partial charge in [0.2, 0.25) is 0 Å². The third-order valence-corrected chi connectivity index (χ3v) is 6.50. The number of para-hydroxylation sites is 1. The van der Waals surface area contributed by atoms with Gasteiger partial charge in [-0.25, -0.2) is 4.79 Å². The highest BCUT2D eigenvalue weighted by Crippen LogP contribution is 2.40. The maximum atomic E-state index is 13.3. The number of fused-ring (bicyclic) bond motifs is 4. The van der Waals surface area contributed by atoms with Crippen LogP contribution in [0.4, 0.5) is 4.79 Å². The standard InChI is InChI=1S/C27H24N2O3/c30-27(32-17-18-6-2-1-3-7-18)29-14-12-22-21-8-4-5-9-23(21)28-25(22)26(29)20-10-11-24-19(16-20)13-15-31-24/h1-11,16,26,28H,12-15,17H2/t26-/m1/s1. The van der Waals surface area contributed by atoms with E-state index in [1.807, 2.05) is 47.4 Å². The molecule has 0 saturated carbocycles. The van der Waals surface area contributed by atoms with Crippen LogP contribution in [0.3, 0.4) is 0 Å². The Labute approximate surface area is 186 Å². The molecule has 1 aromatic heterocycles. The van der Waals surface area contributed by atoms with E-state index >= 15 is 0 Å². The highest BCUT2D eigenvalue weighted by Gasteiger charge is 2.36. The summed E-state index contributed by atoms with van der Waals surface area (Å²) in [5.74, 6) is 0.944. The predicted molar refractivity (Wildman–Crippen MR) is 123 cm³/mol. The summed E-state index contributed by atoms with van der Waals surface area (Å²) in [6.07, 6.45) is 1.40. The number of aromatic amines is 1. The summed E-state index contributed by atoms with van der Waals surface area (Å²) in [4.78, 5) is 18.7. The average Bonchev–Trinajstić information content (AvgIpc) is 3.46. The Bertz CT molecular complexity index is 1300. The van der Waals surface area contributed by atoms with Gasteiger partial charge in [0.1, 0.15) is 18.4 Å². The van der Waals surface area contributed by atoms with Gasteiger partial charge in [-0.15, -0.1) is 0 Å². The lowest BCUT2D eigenvalue weighted by atomic mass is 9.91. The maximum Gasteiger partial charge on any atom is 0.410 e. The zero-order valence-corrected chi connectivity index (χ0v) is 17.7. The van der Waals surface area contributed by atoms with Crippen LogP contribution in [0.2, 0.25) is 0 Å². The minimum atomic E-state index is -0.292. The van der Waals surface area contributed by atoms with Gasteiger partial charge in [-0.2, -0.15) is 0 Å². The van der Waals surface area contributed by atoms with Crippen LogP contribution in [0.15, 0.2) is 72.8 Å². The molecule has 1 atom stereocenters. The lowest BCUT2D eigenvalue weighted by molar-refractivity contribution is 0.0832. The summed E-state index contributed by atoms with van der Waals surface area (Å²) < 4.78 is 11.5. The van der Waals surface area contributed by atoms with E-state index in [9.17, 15) is 4.79 Å². The van der Waals surface area contributed by atoms with Gasteiger partial charge < -0.3 is 14.5 Å². The number of amides is 1. The molecule has 6 rings (SSSR count). The van der Waals surface area contributed by atoms with Gasteiger partial charge in [0.25, 0.3) is 0 Å². The number of rotatable bonds is 3. The fraction of sp³-hybridized carbons (Fsp3) is 0.222. The van der Waals surface area contributed by atoms with Crippen LogP contribution in [0.25, 0.3) is 10.9 Å². The van der Waals surface area contributed by atoms with Gasteiger partial charge in [0, 0.05) is 29.6 Å². The molecule has 0 fully saturated rings. The van der Waals surface area contributed by atoms with E-state index in [1.165, 1.54) is 16.5 Å². The zero-order valence-electron chi connectivity index (χ0n) is 17.7. The normalized spacial score (nSPS) is 17.0. The number of hydrogen-bond acceptors (Lipinski definition) is 3. The van der Waals surface area contributed by atoms with E-state index in [-0.39, 0.29) is 18.7 Å². The Morgan fingerprint density at radius 2 is 1.88 bits per heavy atom. The van der Waals surface area contributed by atoms with Crippen LogP contribution in [0.1, 0.15) is 34.0 Å². The van der Waals surface area contributed by atoms with E-state index in [1.54, 1.807) is 0 Å². The van der Waals surface area contributed by atoms with Crippen molar-refractivity contribution in [2.75, 3.05) is 13.2 Å². The van der Waals surface area contributed by atoms with Crippen LogP contribution < -0.4 is 4.74 Å². The lowest BCUT2D eigenvalue weighted by Crippen LogP contribution is -2.40. The highest BCUT2D eigenvalue weighted by molar-refractivity contribution is 5.86. The second-order valence-electron chi connectivity index (χ2n) is 8.41. The van der Waals surface area contributed by atoms with E-state index in [0.29, 0.717) is 13.2 Å². The molecule has 0 aliphatic carbocycles. The molecular formula is C27H24N2O3. The van der Waals surface area contributed by atoms with Crippen LogP contribution in [0.5, 0.6) is 5.75 Å². The van der Waals surface area contributed by atoms with E-state index in [4.69, 9.17) is 9.47 Å². The van der Waals surface area contributed by atoms with Gasteiger partial charge in [0.15, 0.2) is 0 Å². The van der Waals surface area contributed by atoms with Crippen molar-refractivity contribution in [1.82, 2.24) is 9.88 Å². The van der Waals surface area contributed by atoms with E-state index in [0.717, 1.165) is 40.9 Å². The number of nitrogens with one attached hydrogen (secondary N) is 1. The van der Waals surface area contributed by atoms with Gasteiger partial charge in [-0.3, -0.25) is 4.90 Å². The molecule has 32 heavy (non-hydrogen) atoms. The first-order valence-electron chi connectivity index (χ1n) is 11.1. The second kappa shape index (κ2) is 7.75. The third-order valence-electron chi connectivity index (χ3n) is 6.50. The molecule has 0 spiro atoms. The van der Waals surface area contributed by atoms with Crippen molar-refractivity contribution in [2.24, 2.45) is 0 Å². The predicted octanol–water partition coefficient (Wildman–Crippen LogP) is 5.39. The van der Waals surface area contributed by atoms with Crippen LogP contribution >= 0.6 is 0 Å². The summed E-state index contributed by atoms with van der Waals surface area (Å²) >= 11 is 0. The first-order valence-corrected chi connectivity index (χ1v) is 11.1. The van der Waals surface area contributed by atoms with Crippen molar-refractivity contribution in [3.8, 4) is 5.75 Å². The smallest absolute Gasteiger partial charge is 0.410 e. The second-order valence-corrected chi connectivity index (χ2v) is 8.41. The summed E-state index contributed by atoms with van der Waals surface area (Å²) in [6.45, 7) is 1.59. The molecule has 5 nitrogen and oxygen atoms in total. The van der Waals surface area contributed by atoms with Crippen LogP contribution in [-0.2, 0) is 24.2 Å². The van der Waals surface area contributed by atoms with Crippen molar-refractivity contribution in [3.05, 3.63) is 101 Å². The number of hydrogen-bond donors (Lipinski definition) is 1. The number of carbonyl (C=O) groups excluding carboxylic acids is 1. The number of H-pyrrole nitrogens is 1. The molecule has 1 N–H and O–H groups in total.